The molecule has 0 saturated heterocycles. The van der Waals surface area contributed by atoms with E-state index in [1.807, 2.05) is 0 Å². The number of pyridine rings is 1. The Morgan fingerprint density at radius 1 is 1.47 bits per heavy atom. The van der Waals surface area contributed by atoms with Crippen LogP contribution in [-0.4, -0.2) is 29.6 Å². The van der Waals surface area contributed by atoms with E-state index in [9.17, 15) is 4.79 Å². The third-order valence-electron chi connectivity index (χ3n) is 1.92. The molecule has 0 unspecified atom stereocenters. The van der Waals surface area contributed by atoms with Gasteiger partial charge in [0.1, 0.15) is 6.61 Å². The Bertz CT molecular complexity index is 380. The smallest absolute Gasteiger partial charge is 0.239 e. The van der Waals surface area contributed by atoms with Crippen LogP contribution in [0.3, 0.4) is 0 Å². The Morgan fingerprint density at radius 3 is 2.58 bits per heavy atom. The second-order valence-corrected chi connectivity index (χ2v) is 4.58. The van der Waals surface area contributed by atoms with Crippen LogP contribution < -0.4 is 15.8 Å². The fourth-order valence-electron chi connectivity index (χ4n) is 0.996. The molecule has 5 nitrogen and oxygen atoms in total. The van der Waals surface area contributed by atoms with E-state index >= 15 is 0 Å². The number of rotatable bonds is 5. The van der Waals surface area contributed by atoms with Crippen LogP contribution in [0.25, 0.3) is 0 Å². The van der Waals surface area contributed by atoms with Crippen LogP contribution in [0.2, 0.25) is 5.02 Å². The number of amides is 1. The summed E-state index contributed by atoms with van der Waals surface area (Å²) in [7, 11) is 0. The van der Waals surface area contributed by atoms with Crippen molar-refractivity contribution < 1.29 is 9.53 Å². The Kier molecular flexibility index (Phi) is 9.96. The van der Waals surface area contributed by atoms with Gasteiger partial charge in [-0.25, -0.2) is 4.98 Å². The quantitative estimate of drug-likeness (QED) is 0.807. The molecule has 0 bridgehead atoms. The number of halogens is 3. The molecule has 19 heavy (non-hydrogen) atoms. The van der Waals surface area contributed by atoms with E-state index in [4.69, 9.17) is 22.1 Å². The maximum Gasteiger partial charge on any atom is 0.239 e. The summed E-state index contributed by atoms with van der Waals surface area (Å²) in [6, 6.07) is 3.35. The molecule has 110 valence electrons. The lowest BCUT2D eigenvalue weighted by Crippen LogP contribution is -2.49. The predicted octanol–water partition coefficient (Wildman–Crippen LogP) is 1.81. The SMILES string of the molecule is CC(C)(N)C(=O)NCCOc1ccc(Cl)cn1.Cl.Cl. The Balaban J connectivity index is 0. The lowest BCUT2D eigenvalue weighted by Gasteiger charge is -2.17. The lowest BCUT2D eigenvalue weighted by molar-refractivity contribution is -0.125. The fraction of sp³-hybridized carbons (Fsp3) is 0.455. The van der Waals surface area contributed by atoms with Gasteiger partial charge >= 0.3 is 0 Å². The van der Waals surface area contributed by atoms with Crippen molar-refractivity contribution in [1.82, 2.24) is 10.3 Å². The van der Waals surface area contributed by atoms with E-state index in [0.29, 0.717) is 24.1 Å². The van der Waals surface area contributed by atoms with Gasteiger partial charge in [0, 0.05) is 12.3 Å². The van der Waals surface area contributed by atoms with Crippen LogP contribution in [0, 0.1) is 0 Å². The van der Waals surface area contributed by atoms with E-state index in [1.165, 1.54) is 6.20 Å². The molecule has 0 radical (unpaired) electrons. The third kappa shape index (κ3) is 8.10. The summed E-state index contributed by atoms with van der Waals surface area (Å²) >= 11 is 5.68. The predicted molar refractivity (Wildman–Crippen MR) is 80.5 cm³/mol. The molecule has 1 rings (SSSR count). The Labute approximate surface area is 130 Å². The van der Waals surface area contributed by atoms with Gasteiger partial charge in [0.15, 0.2) is 0 Å². The van der Waals surface area contributed by atoms with Crippen molar-refractivity contribution in [3.63, 3.8) is 0 Å². The second-order valence-electron chi connectivity index (χ2n) is 4.14. The molecule has 1 heterocycles. The Morgan fingerprint density at radius 2 is 2.11 bits per heavy atom. The molecule has 8 heteroatoms. The van der Waals surface area contributed by atoms with Gasteiger partial charge in [-0.1, -0.05) is 11.6 Å². The highest BCUT2D eigenvalue weighted by Gasteiger charge is 2.20. The first-order chi connectivity index (χ1) is 7.89. The van der Waals surface area contributed by atoms with Gasteiger partial charge in [-0.2, -0.15) is 0 Å². The minimum atomic E-state index is -0.876. The van der Waals surface area contributed by atoms with E-state index in [2.05, 4.69) is 10.3 Å². The molecule has 3 N–H and O–H groups in total. The topological polar surface area (TPSA) is 77.2 Å². The fourth-order valence-corrected chi connectivity index (χ4v) is 1.11. The minimum absolute atomic E-state index is 0. The van der Waals surface area contributed by atoms with Gasteiger partial charge in [-0.15, -0.1) is 24.8 Å². The first-order valence-electron chi connectivity index (χ1n) is 5.21. The van der Waals surface area contributed by atoms with Crippen LogP contribution in [0.5, 0.6) is 5.88 Å². The molecule has 0 fully saturated rings. The number of aromatic nitrogens is 1. The number of nitrogens with two attached hydrogens (primary N) is 1. The van der Waals surface area contributed by atoms with Crippen molar-refractivity contribution in [1.29, 1.82) is 0 Å². The second kappa shape index (κ2) is 9.20. The maximum atomic E-state index is 11.4. The lowest BCUT2D eigenvalue weighted by atomic mass is 10.1. The molecule has 0 aliphatic heterocycles. The largest absolute Gasteiger partial charge is 0.476 e. The van der Waals surface area contributed by atoms with Crippen molar-refractivity contribution in [3.8, 4) is 5.88 Å². The normalized spacial score (nSPS) is 9.89. The maximum absolute atomic E-state index is 11.4. The number of carbonyl (C=O) groups is 1. The molecular formula is C11H18Cl3N3O2. The first kappa shape index (κ1) is 20.6. The number of carbonyl (C=O) groups excluding carboxylic acids is 1. The molecule has 1 aromatic heterocycles. The average molecular weight is 331 g/mol. The molecule has 0 atom stereocenters. The van der Waals surface area contributed by atoms with Gasteiger partial charge in [0.2, 0.25) is 11.8 Å². The summed E-state index contributed by atoms with van der Waals surface area (Å²) in [5, 5.41) is 3.21. The highest BCUT2D eigenvalue weighted by molar-refractivity contribution is 6.30. The van der Waals surface area contributed by atoms with Crippen molar-refractivity contribution in [2.45, 2.75) is 19.4 Å². The highest BCUT2D eigenvalue weighted by atomic mass is 35.5. The Hall–Kier alpha value is -0.750. The molecule has 0 aromatic carbocycles. The van der Waals surface area contributed by atoms with Gasteiger partial charge in [-0.05, 0) is 19.9 Å². The number of hydrogen-bond donors (Lipinski definition) is 2. The average Bonchev–Trinajstić information content (AvgIpc) is 2.25. The minimum Gasteiger partial charge on any atom is -0.476 e. The van der Waals surface area contributed by atoms with Gasteiger partial charge in [-0.3, -0.25) is 4.79 Å². The van der Waals surface area contributed by atoms with E-state index in [0.717, 1.165) is 0 Å². The molecule has 0 saturated carbocycles. The van der Waals surface area contributed by atoms with Crippen LogP contribution in [0.4, 0.5) is 0 Å². The van der Waals surface area contributed by atoms with Crippen LogP contribution in [-0.2, 0) is 4.79 Å². The van der Waals surface area contributed by atoms with Crippen LogP contribution in [0.1, 0.15) is 13.8 Å². The van der Waals surface area contributed by atoms with Gasteiger partial charge < -0.3 is 15.8 Å². The zero-order chi connectivity index (χ0) is 12.9. The van der Waals surface area contributed by atoms with Crippen molar-refractivity contribution in [3.05, 3.63) is 23.4 Å². The highest BCUT2D eigenvalue weighted by Crippen LogP contribution is 2.10. The monoisotopic (exact) mass is 329 g/mol. The molecule has 0 spiro atoms. The molecule has 1 amide bonds. The van der Waals surface area contributed by atoms with Crippen molar-refractivity contribution in [2.24, 2.45) is 5.73 Å². The van der Waals surface area contributed by atoms with E-state index < -0.39 is 5.54 Å². The number of nitrogens with zero attached hydrogens (tertiary/aromatic N) is 1. The first-order valence-corrected chi connectivity index (χ1v) is 5.59. The van der Waals surface area contributed by atoms with E-state index in [-0.39, 0.29) is 30.7 Å². The summed E-state index contributed by atoms with van der Waals surface area (Å²) < 4.78 is 5.30. The summed E-state index contributed by atoms with van der Waals surface area (Å²) in [6.07, 6.45) is 1.50. The standard InChI is InChI=1S/C11H16ClN3O2.2ClH/c1-11(2,13)10(16)14-5-6-17-9-4-3-8(12)7-15-9;;/h3-4,7H,5-6,13H2,1-2H3,(H,14,16);2*1H. The summed E-state index contributed by atoms with van der Waals surface area (Å²) in [5.74, 6) is 0.251. The zero-order valence-corrected chi connectivity index (χ0v) is 13.1. The molecule has 1 aromatic rings. The number of nitrogens with one attached hydrogen (secondary N) is 1. The van der Waals surface area contributed by atoms with Crippen LogP contribution in [0.15, 0.2) is 18.3 Å². The number of hydrogen-bond acceptors (Lipinski definition) is 4. The van der Waals surface area contributed by atoms with Gasteiger partial charge in [0.25, 0.3) is 0 Å². The molecule has 0 aliphatic rings. The molecule has 0 aliphatic carbocycles. The zero-order valence-electron chi connectivity index (χ0n) is 10.7. The third-order valence-corrected chi connectivity index (χ3v) is 2.15. The van der Waals surface area contributed by atoms with Crippen molar-refractivity contribution >= 4 is 42.3 Å². The molecular weight excluding hydrogens is 312 g/mol. The van der Waals surface area contributed by atoms with Crippen LogP contribution >= 0.6 is 36.4 Å². The van der Waals surface area contributed by atoms with Gasteiger partial charge in [0.05, 0.1) is 17.1 Å². The number of ether oxygens (including phenoxy) is 1. The van der Waals surface area contributed by atoms with Crippen molar-refractivity contribution in [2.75, 3.05) is 13.2 Å². The summed E-state index contributed by atoms with van der Waals surface area (Å²) in [4.78, 5) is 15.3. The summed E-state index contributed by atoms with van der Waals surface area (Å²) in [5.41, 5.74) is 4.73. The van der Waals surface area contributed by atoms with E-state index in [1.54, 1.807) is 26.0 Å². The summed E-state index contributed by atoms with van der Waals surface area (Å²) in [6.45, 7) is 3.99.